The number of fused-ring (bicyclic) bond motifs is 1. The summed E-state index contributed by atoms with van der Waals surface area (Å²) in [7, 11) is 3.33. The molecule has 4 heteroatoms. The third-order valence-corrected chi connectivity index (χ3v) is 2.38. The van der Waals surface area contributed by atoms with E-state index in [1.54, 1.807) is 36.9 Å². The van der Waals surface area contributed by atoms with Gasteiger partial charge in [0, 0.05) is 18.5 Å². The van der Waals surface area contributed by atoms with Gasteiger partial charge in [0.2, 0.25) is 5.43 Å². The number of aromatic hydroxyl groups is 1. The quantitative estimate of drug-likeness (QED) is 0.762. The van der Waals surface area contributed by atoms with Gasteiger partial charge in [0.05, 0.1) is 18.8 Å². The van der Waals surface area contributed by atoms with Crippen molar-refractivity contribution in [1.82, 2.24) is 4.57 Å². The molecule has 0 aliphatic carbocycles. The van der Waals surface area contributed by atoms with Crippen LogP contribution in [0.3, 0.4) is 0 Å². The van der Waals surface area contributed by atoms with Gasteiger partial charge < -0.3 is 14.4 Å². The van der Waals surface area contributed by atoms with Crippen LogP contribution in [-0.4, -0.2) is 16.8 Å². The summed E-state index contributed by atoms with van der Waals surface area (Å²) >= 11 is 0. The van der Waals surface area contributed by atoms with E-state index in [2.05, 4.69) is 0 Å². The van der Waals surface area contributed by atoms with Crippen molar-refractivity contribution in [2.24, 2.45) is 7.05 Å². The van der Waals surface area contributed by atoms with Crippen molar-refractivity contribution in [2.75, 3.05) is 7.11 Å². The average Bonchev–Trinajstić information content (AvgIpc) is 2.25. The standard InChI is InChI=1S/C11H11NO3/c1-12-6-10(13)11(14)8-4-3-7(15-2)5-9(8)12/h3-6,13H,1-2H3. The summed E-state index contributed by atoms with van der Waals surface area (Å²) in [5.74, 6) is 0.443. The molecule has 4 nitrogen and oxygen atoms in total. The second kappa shape index (κ2) is 3.31. The Balaban J connectivity index is 2.90. The van der Waals surface area contributed by atoms with E-state index in [0.717, 1.165) is 5.52 Å². The van der Waals surface area contributed by atoms with Gasteiger partial charge in [-0.2, -0.15) is 0 Å². The Morgan fingerprint density at radius 1 is 1.40 bits per heavy atom. The molecule has 0 aliphatic rings. The van der Waals surface area contributed by atoms with Crippen molar-refractivity contribution >= 4 is 10.9 Å². The molecular formula is C11H11NO3. The lowest BCUT2D eigenvalue weighted by atomic mass is 10.2. The molecule has 2 rings (SSSR count). The second-order valence-electron chi connectivity index (χ2n) is 3.34. The van der Waals surface area contributed by atoms with E-state index in [1.165, 1.54) is 6.20 Å². The van der Waals surface area contributed by atoms with E-state index >= 15 is 0 Å². The molecule has 1 heterocycles. The van der Waals surface area contributed by atoms with E-state index in [0.29, 0.717) is 11.1 Å². The van der Waals surface area contributed by atoms with Crippen LogP contribution >= 0.6 is 0 Å². The highest BCUT2D eigenvalue weighted by atomic mass is 16.5. The molecule has 0 saturated heterocycles. The molecule has 1 N–H and O–H groups in total. The fourth-order valence-corrected chi connectivity index (χ4v) is 1.57. The van der Waals surface area contributed by atoms with Gasteiger partial charge >= 0.3 is 0 Å². The Labute approximate surface area is 86.3 Å². The minimum Gasteiger partial charge on any atom is -0.503 e. The van der Waals surface area contributed by atoms with Crippen LogP contribution in [0.15, 0.2) is 29.2 Å². The molecule has 0 spiro atoms. The molecule has 0 fully saturated rings. The van der Waals surface area contributed by atoms with Gasteiger partial charge in [-0.3, -0.25) is 4.79 Å². The summed E-state index contributed by atoms with van der Waals surface area (Å²) in [6.07, 6.45) is 1.39. The Morgan fingerprint density at radius 3 is 2.80 bits per heavy atom. The zero-order chi connectivity index (χ0) is 11.0. The largest absolute Gasteiger partial charge is 0.503 e. The third-order valence-electron chi connectivity index (χ3n) is 2.38. The maximum Gasteiger partial charge on any atom is 0.230 e. The van der Waals surface area contributed by atoms with E-state index in [1.807, 2.05) is 0 Å². The first-order valence-corrected chi connectivity index (χ1v) is 4.50. The first-order valence-electron chi connectivity index (χ1n) is 4.50. The van der Waals surface area contributed by atoms with Crippen LogP contribution in [0, 0.1) is 0 Å². The number of methoxy groups -OCH3 is 1. The predicted molar refractivity (Wildman–Crippen MR) is 57.4 cm³/mol. The molecule has 0 saturated carbocycles. The Morgan fingerprint density at radius 2 is 2.13 bits per heavy atom. The number of pyridine rings is 1. The molecule has 78 valence electrons. The van der Waals surface area contributed by atoms with Gasteiger partial charge in [-0.1, -0.05) is 0 Å². The van der Waals surface area contributed by atoms with Crippen LogP contribution < -0.4 is 10.2 Å². The summed E-state index contributed by atoms with van der Waals surface area (Å²) in [5, 5.41) is 9.84. The van der Waals surface area contributed by atoms with E-state index < -0.39 is 0 Å². The number of nitrogens with zero attached hydrogens (tertiary/aromatic N) is 1. The molecular weight excluding hydrogens is 194 g/mol. The van der Waals surface area contributed by atoms with Crippen molar-refractivity contribution in [1.29, 1.82) is 0 Å². The van der Waals surface area contributed by atoms with Crippen LogP contribution in [0.4, 0.5) is 0 Å². The Kier molecular flexibility index (Phi) is 2.11. The zero-order valence-corrected chi connectivity index (χ0v) is 8.52. The zero-order valence-electron chi connectivity index (χ0n) is 8.52. The highest BCUT2D eigenvalue weighted by Gasteiger charge is 2.06. The van der Waals surface area contributed by atoms with Gasteiger partial charge in [0.1, 0.15) is 5.75 Å². The monoisotopic (exact) mass is 205 g/mol. The molecule has 0 aliphatic heterocycles. The molecule has 1 aromatic heterocycles. The molecule has 0 amide bonds. The van der Waals surface area contributed by atoms with E-state index in [-0.39, 0.29) is 11.2 Å². The van der Waals surface area contributed by atoms with Crippen LogP contribution in [0.1, 0.15) is 0 Å². The lowest BCUT2D eigenvalue weighted by Gasteiger charge is -2.07. The SMILES string of the molecule is COc1ccc2c(=O)c(O)cn(C)c2c1. The number of aromatic nitrogens is 1. The van der Waals surface area contributed by atoms with Gasteiger partial charge in [0.25, 0.3) is 0 Å². The number of benzene rings is 1. The molecule has 2 aromatic rings. The van der Waals surface area contributed by atoms with Crippen LogP contribution in [0.2, 0.25) is 0 Å². The summed E-state index contributed by atoms with van der Waals surface area (Å²) in [6.45, 7) is 0. The van der Waals surface area contributed by atoms with Crippen molar-refractivity contribution < 1.29 is 9.84 Å². The number of ether oxygens (including phenoxy) is 1. The van der Waals surface area contributed by atoms with Crippen molar-refractivity contribution in [3.63, 3.8) is 0 Å². The summed E-state index contributed by atoms with van der Waals surface area (Å²) < 4.78 is 6.76. The maximum absolute atomic E-state index is 11.6. The molecule has 15 heavy (non-hydrogen) atoms. The predicted octanol–water partition coefficient (Wildman–Crippen LogP) is 1.25. The first-order chi connectivity index (χ1) is 7.13. The van der Waals surface area contributed by atoms with Crippen molar-refractivity contribution in [3.05, 3.63) is 34.6 Å². The van der Waals surface area contributed by atoms with E-state index in [9.17, 15) is 9.90 Å². The molecule has 0 unspecified atom stereocenters. The van der Waals surface area contributed by atoms with Crippen LogP contribution in [0.5, 0.6) is 11.5 Å². The average molecular weight is 205 g/mol. The molecule has 0 atom stereocenters. The molecule has 0 radical (unpaired) electrons. The smallest absolute Gasteiger partial charge is 0.230 e. The highest BCUT2D eigenvalue weighted by molar-refractivity contribution is 5.81. The highest BCUT2D eigenvalue weighted by Crippen LogP contribution is 2.19. The Bertz CT molecular complexity index is 572. The van der Waals surface area contributed by atoms with Gasteiger partial charge in [-0.25, -0.2) is 0 Å². The van der Waals surface area contributed by atoms with Gasteiger partial charge in [0.15, 0.2) is 5.75 Å². The number of aryl methyl sites for hydroxylation is 1. The summed E-state index contributed by atoms with van der Waals surface area (Å²) in [4.78, 5) is 11.6. The lowest BCUT2D eigenvalue weighted by molar-refractivity contribution is 0.415. The second-order valence-corrected chi connectivity index (χ2v) is 3.34. The van der Waals surface area contributed by atoms with Crippen LogP contribution in [0.25, 0.3) is 10.9 Å². The summed E-state index contributed by atoms with van der Waals surface area (Å²) in [6, 6.07) is 5.11. The third kappa shape index (κ3) is 1.44. The minimum absolute atomic E-state index is 0.241. The van der Waals surface area contributed by atoms with Crippen LogP contribution in [-0.2, 0) is 7.05 Å². The van der Waals surface area contributed by atoms with Crippen molar-refractivity contribution in [2.45, 2.75) is 0 Å². The lowest BCUT2D eigenvalue weighted by Crippen LogP contribution is -2.06. The molecule has 1 aromatic carbocycles. The fraction of sp³-hybridized carbons (Fsp3) is 0.182. The molecule has 0 bridgehead atoms. The first kappa shape index (κ1) is 9.58. The van der Waals surface area contributed by atoms with Gasteiger partial charge in [-0.15, -0.1) is 0 Å². The van der Waals surface area contributed by atoms with E-state index in [4.69, 9.17) is 4.74 Å². The van der Waals surface area contributed by atoms with Gasteiger partial charge in [-0.05, 0) is 12.1 Å². The summed E-state index contributed by atoms with van der Waals surface area (Å²) in [5.41, 5.74) is 0.378. The number of hydrogen-bond donors (Lipinski definition) is 1. The number of hydrogen-bond acceptors (Lipinski definition) is 3. The topological polar surface area (TPSA) is 51.5 Å². The minimum atomic E-state index is -0.356. The fourth-order valence-electron chi connectivity index (χ4n) is 1.57. The normalized spacial score (nSPS) is 10.5. The van der Waals surface area contributed by atoms with Crippen molar-refractivity contribution in [3.8, 4) is 11.5 Å². The maximum atomic E-state index is 11.6. The number of rotatable bonds is 1. The Hall–Kier alpha value is -1.97.